The number of carboxylic acid groups (broad SMARTS) is 1. The summed E-state index contributed by atoms with van der Waals surface area (Å²) < 4.78 is 0. The highest BCUT2D eigenvalue weighted by Crippen LogP contribution is 2.31. The van der Waals surface area contributed by atoms with Crippen LogP contribution in [0.5, 0.6) is 5.75 Å². The molecule has 0 spiro atoms. The number of nitro benzene ring substituents is 1. The van der Waals surface area contributed by atoms with Crippen LogP contribution in [-0.4, -0.2) is 65.1 Å². The van der Waals surface area contributed by atoms with Gasteiger partial charge in [-0.3, -0.25) is 19.7 Å². The van der Waals surface area contributed by atoms with Crippen LogP contribution in [0.4, 0.5) is 17.1 Å². The van der Waals surface area contributed by atoms with Gasteiger partial charge in [-0.2, -0.15) is 0 Å². The number of aromatic hydroxyl groups is 1. The minimum atomic E-state index is -1.05. The Morgan fingerprint density at radius 1 is 1.13 bits per heavy atom. The fourth-order valence-electron chi connectivity index (χ4n) is 3.29. The monoisotopic (exact) mass is 414 g/mol. The molecule has 0 aliphatic carbocycles. The Labute approximate surface area is 172 Å². The average molecular weight is 414 g/mol. The Hall–Kier alpha value is -3.66. The predicted molar refractivity (Wildman–Crippen MR) is 110 cm³/mol. The van der Waals surface area contributed by atoms with Crippen molar-refractivity contribution in [3.05, 3.63) is 57.6 Å². The van der Waals surface area contributed by atoms with Crippen LogP contribution in [-0.2, 0) is 11.2 Å². The molecule has 2 aromatic carbocycles. The van der Waals surface area contributed by atoms with Crippen molar-refractivity contribution in [2.45, 2.75) is 6.42 Å². The molecule has 1 fully saturated rings. The molecule has 0 radical (unpaired) electrons. The molecule has 0 aromatic heterocycles. The molecule has 2 aromatic rings. The molecule has 10 heteroatoms. The fraction of sp³-hybridized carbons (Fsp3) is 0.300. The highest BCUT2D eigenvalue weighted by molar-refractivity contribution is 6.06. The number of nitrogens with zero attached hydrogens (tertiary/aromatic N) is 3. The number of piperazine rings is 1. The highest BCUT2D eigenvalue weighted by Gasteiger charge is 2.24. The van der Waals surface area contributed by atoms with Gasteiger partial charge in [0.25, 0.3) is 11.6 Å². The van der Waals surface area contributed by atoms with Crippen LogP contribution in [0, 0.1) is 10.1 Å². The molecule has 1 saturated heterocycles. The number of aliphatic carboxylic acids is 1. The standard InChI is InChI=1S/C20H22N4O6/c1-22-6-8-23(9-7-22)16-4-3-14(12-17(16)24(29)30)20(28)21-15-10-13(11-19(26)27)2-5-18(15)25/h2-5,10,12,25H,6-9,11H2,1H3,(H,21,28)(H,26,27). The summed E-state index contributed by atoms with van der Waals surface area (Å²) >= 11 is 0. The van der Waals surface area contributed by atoms with E-state index in [1.807, 2.05) is 11.9 Å². The smallest absolute Gasteiger partial charge is 0.307 e. The zero-order valence-electron chi connectivity index (χ0n) is 16.4. The lowest BCUT2D eigenvalue weighted by Gasteiger charge is -2.33. The molecule has 30 heavy (non-hydrogen) atoms. The lowest BCUT2D eigenvalue weighted by atomic mass is 10.1. The minimum absolute atomic E-state index is 0.0320. The molecule has 0 atom stereocenters. The quantitative estimate of drug-likeness (QED) is 0.371. The van der Waals surface area contributed by atoms with Crippen LogP contribution in [0.15, 0.2) is 36.4 Å². The summed E-state index contributed by atoms with van der Waals surface area (Å²) in [6.07, 6.45) is -0.270. The summed E-state index contributed by atoms with van der Waals surface area (Å²) in [4.78, 5) is 38.6. The molecule has 0 bridgehead atoms. The first kappa shape index (κ1) is 21.1. The Kier molecular flexibility index (Phi) is 6.17. The van der Waals surface area contributed by atoms with Gasteiger partial charge in [-0.05, 0) is 36.9 Å². The van der Waals surface area contributed by atoms with E-state index in [1.54, 1.807) is 6.07 Å². The van der Waals surface area contributed by atoms with Gasteiger partial charge in [0.05, 0.1) is 17.0 Å². The number of likely N-dealkylation sites (N-methyl/N-ethyl adjacent to an activating group) is 1. The molecular weight excluding hydrogens is 392 g/mol. The van der Waals surface area contributed by atoms with Crippen molar-refractivity contribution in [1.29, 1.82) is 0 Å². The van der Waals surface area contributed by atoms with Crippen LogP contribution < -0.4 is 10.2 Å². The molecule has 1 aliphatic rings. The number of carbonyl (C=O) groups excluding carboxylic acids is 1. The number of carboxylic acids is 1. The van der Waals surface area contributed by atoms with Crippen molar-refractivity contribution in [2.75, 3.05) is 43.4 Å². The third-order valence-corrected chi connectivity index (χ3v) is 4.94. The number of hydrogen-bond acceptors (Lipinski definition) is 7. The zero-order chi connectivity index (χ0) is 21.8. The molecule has 0 saturated carbocycles. The maximum Gasteiger partial charge on any atom is 0.307 e. The Morgan fingerprint density at radius 3 is 2.47 bits per heavy atom. The van der Waals surface area contributed by atoms with Gasteiger partial charge < -0.3 is 25.3 Å². The number of phenols is 1. The lowest BCUT2D eigenvalue weighted by molar-refractivity contribution is -0.384. The largest absolute Gasteiger partial charge is 0.506 e. The second-order valence-electron chi connectivity index (χ2n) is 7.13. The first-order valence-electron chi connectivity index (χ1n) is 9.31. The Balaban J connectivity index is 1.84. The van der Waals surface area contributed by atoms with Crippen molar-refractivity contribution >= 4 is 28.9 Å². The summed E-state index contributed by atoms with van der Waals surface area (Å²) in [7, 11) is 1.99. The van der Waals surface area contributed by atoms with Crippen LogP contribution >= 0.6 is 0 Å². The van der Waals surface area contributed by atoms with Crippen LogP contribution in [0.2, 0.25) is 0 Å². The van der Waals surface area contributed by atoms with E-state index in [0.29, 0.717) is 24.3 Å². The maximum absolute atomic E-state index is 12.6. The number of nitrogens with one attached hydrogen (secondary N) is 1. The summed E-state index contributed by atoms with van der Waals surface area (Å²) in [6, 6.07) is 8.34. The van der Waals surface area contributed by atoms with Crippen LogP contribution in [0.1, 0.15) is 15.9 Å². The first-order chi connectivity index (χ1) is 14.2. The molecule has 3 rings (SSSR count). The van der Waals surface area contributed by atoms with Crippen molar-refractivity contribution in [3.8, 4) is 5.75 Å². The summed E-state index contributed by atoms with van der Waals surface area (Å²) in [5.41, 5.74) is 0.770. The molecule has 1 heterocycles. The van der Waals surface area contributed by atoms with Gasteiger partial charge in [0.2, 0.25) is 0 Å². The van der Waals surface area contributed by atoms with Gasteiger partial charge in [-0.25, -0.2) is 0 Å². The molecular formula is C20H22N4O6. The van der Waals surface area contributed by atoms with Crippen LogP contribution in [0.25, 0.3) is 0 Å². The second kappa shape index (κ2) is 8.78. The van der Waals surface area contributed by atoms with Gasteiger partial charge in [-0.15, -0.1) is 0 Å². The van der Waals surface area contributed by atoms with E-state index >= 15 is 0 Å². The number of carbonyl (C=O) groups is 2. The zero-order valence-corrected chi connectivity index (χ0v) is 16.4. The van der Waals surface area contributed by atoms with Gasteiger partial charge in [0.15, 0.2) is 0 Å². The van der Waals surface area contributed by atoms with Crippen LogP contribution in [0.3, 0.4) is 0 Å². The van der Waals surface area contributed by atoms with Crippen molar-refractivity contribution in [1.82, 2.24) is 4.90 Å². The third-order valence-electron chi connectivity index (χ3n) is 4.94. The van der Waals surface area contributed by atoms with E-state index in [4.69, 9.17) is 5.11 Å². The van der Waals surface area contributed by atoms with Crippen molar-refractivity contribution in [3.63, 3.8) is 0 Å². The van der Waals surface area contributed by atoms with E-state index in [0.717, 1.165) is 13.1 Å². The summed E-state index contributed by atoms with van der Waals surface area (Å²) in [5.74, 6) is -1.93. The van der Waals surface area contributed by atoms with Gasteiger partial charge in [0.1, 0.15) is 11.4 Å². The number of anilines is 2. The van der Waals surface area contributed by atoms with Gasteiger partial charge >= 0.3 is 5.97 Å². The number of rotatable bonds is 6. The number of nitro groups is 1. The first-order valence-corrected chi connectivity index (χ1v) is 9.31. The minimum Gasteiger partial charge on any atom is -0.506 e. The van der Waals surface area contributed by atoms with Gasteiger partial charge in [-0.1, -0.05) is 6.07 Å². The number of benzene rings is 2. The van der Waals surface area contributed by atoms with E-state index in [9.17, 15) is 24.8 Å². The number of hydrogen-bond donors (Lipinski definition) is 3. The van der Waals surface area contributed by atoms with E-state index in [-0.39, 0.29) is 29.1 Å². The van der Waals surface area contributed by atoms with Crippen molar-refractivity contribution in [2.24, 2.45) is 0 Å². The van der Waals surface area contributed by atoms with E-state index < -0.39 is 16.8 Å². The molecule has 10 nitrogen and oxygen atoms in total. The molecule has 1 aliphatic heterocycles. The molecule has 3 N–H and O–H groups in total. The summed E-state index contributed by atoms with van der Waals surface area (Å²) in [6.45, 7) is 2.86. The topological polar surface area (TPSA) is 136 Å². The maximum atomic E-state index is 12.6. The number of phenolic OH excluding ortho intramolecular Hbond substituents is 1. The van der Waals surface area contributed by atoms with Crippen molar-refractivity contribution < 1.29 is 24.7 Å². The molecule has 1 amide bonds. The van der Waals surface area contributed by atoms with Gasteiger partial charge in [0, 0.05) is 37.8 Å². The van der Waals surface area contributed by atoms with E-state index in [1.165, 1.54) is 30.3 Å². The lowest BCUT2D eigenvalue weighted by Crippen LogP contribution is -2.44. The normalized spacial score (nSPS) is 14.4. The highest BCUT2D eigenvalue weighted by atomic mass is 16.6. The number of amides is 1. The predicted octanol–water partition coefficient (Wildman–Crippen LogP) is 1.93. The SMILES string of the molecule is CN1CCN(c2ccc(C(=O)Nc3cc(CC(=O)O)ccc3O)cc2[N+](=O)[O-])CC1. The Bertz CT molecular complexity index is 985. The molecule has 0 unspecified atom stereocenters. The fourth-order valence-corrected chi connectivity index (χ4v) is 3.29. The third kappa shape index (κ3) is 4.84. The second-order valence-corrected chi connectivity index (χ2v) is 7.13. The van der Waals surface area contributed by atoms with E-state index in [2.05, 4.69) is 10.2 Å². The average Bonchev–Trinajstić information content (AvgIpc) is 2.70. The Morgan fingerprint density at radius 2 is 1.83 bits per heavy atom. The summed E-state index contributed by atoms with van der Waals surface area (Å²) in [5, 5.41) is 33.0. The molecule has 158 valence electrons.